The van der Waals surface area contributed by atoms with E-state index in [1.165, 1.54) is 11.8 Å². The van der Waals surface area contributed by atoms with Gasteiger partial charge in [0.1, 0.15) is 19.0 Å². The van der Waals surface area contributed by atoms with Gasteiger partial charge in [0.05, 0.1) is 35.4 Å². The molecule has 0 aliphatic carbocycles. The molecule has 1 fully saturated rings. The molecule has 0 spiro atoms. The Kier molecular flexibility index (Phi) is 8.72. The molecule has 1 N–H and O–H groups in total. The Hall–Kier alpha value is -4.38. The molecule has 11 heteroatoms. The molecule has 1 unspecified atom stereocenters. The minimum absolute atomic E-state index is 0.130. The zero-order chi connectivity index (χ0) is 30.8. The summed E-state index contributed by atoms with van der Waals surface area (Å²) in [5.41, 5.74) is 1.10. The van der Waals surface area contributed by atoms with E-state index in [0.29, 0.717) is 71.5 Å². The maximum atomic E-state index is 13.7. The smallest absolute Gasteiger partial charge is 0.301 e. The van der Waals surface area contributed by atoms with Crippen molar-refractivity contribution in [2.45, 2.75) is 47.1 Å². The van der Waals surface area contributed by atoms with Crippen LogP contribution in [-0.4, -0.2) is 54.0 Å². The number of carbonyl (C=O) groups excluding carboxylic acids is 3. The van der Waals surface area contributed by atoms with Gasteiger partial charge in [0.25, 0.3) is 5.78 Å². The van der Waals surface area contributed by atoms with Gasteiger partial charge < -0.3 is 24.1 Å². The van der Waals surface area contributed by atoms with E-state index >= 15 is 0 Å². The molecule has 1 aromatic heterocycles. The third-order valence-corrected chi connectivity index (χ3v) is 8.36. The predicted octanol–water partition coefficient (Wildman–Crippen LogP) is 5.88. The first-order valence-electron chi connectivity index (χ1n) is 14.2. The maximum absolute atomic E-state index is 13.7. The Labute approximate surface area is 253 Å². The number of nitrogens with zero attached hydrogens (tertiary/aromatic N) is 2. The number of anilines is 1. The van der Waals surface area contributed by atoms with Crippen molar-refractivity contribution in [3.8, 4) is 23.0 Å². The molecule has 10 nitrogen and oxygen atoms in total. The van der Waals surface area contributed by atoms with Crippen LogP contribution in [0, 0.1) is 12.8 Å². The fourth-order valence-corrected chi connectivity index (χ4v) is 5.98. The van der Waals surface area contributed by atoms with Crippen molar-refractivity contribution in [1.82, 2.24) is 4.98 Å². The third-order valence-electron chi connectivity index (χ3n) is 7.11. The highest BCUT2D eigenvalue weighted by Gasteiger charge is 2.48. The lowest BCUT2D eigenvalue weighted by Crippen LogP contribution is -2.29. The summed E-state index contributed by atoms with van der Waals surface area (Å²) in [6.45, 7) is 10.8. The number of Topliss-reactive ketones (excluding diaryl/α,β-unsaturated/α-hetero) is 2. The van der Waals surface area contributed by atoms with Gasteiger partial charge in [-0.3, -0.25) is 19.3 Å². The Balaban J connectivity index is 1.66. The Morgan fingerprint density at radius 3 is 2.51 bits per heavy atom. The summed E-state index contributed by atoms with van der Waals surface area (Å²) < 4.78 is 23.2. The van der Waals surface area contributed by atoms with Gasteiger partial charge in [0.15, 0.2) is 33.9 Å². The number of ketones is 2. The highest BCUT2D eigenvalue weighted by atomic mass is 32.1. The molecule has 2 aromatic carbocycles. The number of hydrogen-bond donors (Lipinski definition) is 1. The zero-order valence-electron chi connectivity index (χ0n) is 24.8. The predicted molar refractivity (Wildman–Crippen MR) is 162 cm³/mol. The number of rotatable bonds is 10. The van der Waals surface area contributed by atoms with Gasteiger partial charge in [-0.05, 0) is 62.1 Å². The number of carbonyl (C=O) groups is 3. The zero-order valence-corrected chi connectivity index (χ0v) is 25.6. The molecular formula is C32H34N2O8S. The minimum Gasteiger partial charge on any atom is -0.507 e. The van der Waals surface area contributed by atoms with E-state index in [9.17, 15) is 19.5 Å². The van der Waals surface area contributed by atoms with Gasteiger partial charge >= 0.3 is 5.91 Å². The SMILES string of the molecule is CCOc1cc(C2C(=C(O)c3ccc4c(c3)OCCO4)C(=O)C(=O)N2c2nc(C)c(C(C)=O)s2)ccc1OCCC(C)C. The van der Waals surface area contributed by atoms with Crippen LogP contribution in [0.3, 0.4) is 0 Å². The normalized spacial score (nSPS) is 17.4. The molecule has 0 bridgehead atoms. The van der Waals surface area contributed by atoms with Gasteiger partial charge in [-0.2, -0.15) is 0 Å². The second-order valence-electron chi connectivity index (χ2n) is 10.7. The molecule has 0 radical (unpaired) electrons. The van der Waals surface area contributed by atoms with E-state index in [4.69, 9.17) is 18.9 Å². The van der Waals surface area contributed by atoms with Crippen molar-refractivity contribution in [1.29, 1.82) is 0 Å². The van der Waals surface area contributed by atoms with Crippen LogP contribution in [0.2, 0.25) is 0 Å². The van der Waals surface area contributed by atoms with Gasteiger partial charge in [-0.25, -0.2) is 4.98 Å². The number of hydrogen-bond acceptors (Lipinski definition) is 10. The summed E-state index contributed by atoms with van der Waals surface area (Å²) >= 11 is 1.02. The van der Waals surface area contributed by atoms with Crippen LogP contribution >= 0.6 is 11.3 Å². The average Bonchev–Trinajstić information content (AvgIpc) is 3.49. The second-order valence-corrected chi connectivity index (χ2v) is 11.6. The van der Waals surface area contributed by atoms with Crippen LogP contribution in [0.15, 0.2) is 42.0 Å². The minimum atomic E-state index is -1.07. The van der Waals surface area contributed by atoms with E-state index in [-0.39, 0.29) is 27.8 Å². The van der Waals surface area contributed by atoms with Gasteiger partial charge in [0, 0.05) is 12.5 Å². The number of benzene rings is 2. The molecule has 3 heterocycles. The fraction of sp³-hybridized carbons (Fsp3) is 0.375. The van der Waals surface area contributed by atoms with E-state index in [0.717, 1.165) is 17.8 Å². The van der Waals surface area contributed by atoms with Gasteiger partial charge in [0.2, 0.25) is 0 Å². The number of ether oxygens (including phenoxy) is 4. The van der Waals surface area contributed by atoms with E-state index in [2.05, 4.69) is 18.8 Å². The topological polar surface area (TPSA) is 124 Å². The fourth-order valence-electron chi connectivity index (χ4n) is 4.99. The summed E-state index contributed by atoms with van der Waals surface area (Å²) in [5, 5.41) is 11.8. The number of aliphatic hydroxyl groups is 1. The van der Waals surface area contributed by atoms with Crippen molar-refractivity contribution in [3.63, 3.8) is 0 Å². The lowest BCUT2D eigenvalue weighted by molar-refractivity contribution is -0.132. The molecule has 43 heavy (non-hydrogen) atoms. The maximum Gasteiger partial charge on any atom is 0.301 e. The van der Waals surface area contributed by atoms with E-state index in [1.807, 2.05) is 6.92 Å². The van der Waals surface area contributed by atoms with E-state index in [1.54, 1.807) is 43.3 Å². The Morgan fingerprint density at radius 2 is 1.84 bits per heavy atom. The van der Waals surface area contributed by atoms with Crippen molar-refractivity contribution in [2.75, 3.05) is 31.3 Å². The molecule has 2 aliphatic rings. The number of thiazole rings is 1. The highest BCUT2D eigenvalue weighted by molar-refractivity contribution is 7.18. The quantitative estimate of drug-likeness (QED) is 0.130. The Bertz CT molecular complexity index is 1610. The molecule has 0 saturated carbocycles. The lowest BCUT2D eigenvalue weighted by atomic mass is 9.95. The van der Waals surface area contributed by atoms with Crippen LogP contribution in [0.1, 0.15) is 66.7 Å². The van der Waals surface area contributed by atoms with Gasteiger partial charge in [-0.15, -0.1) is 0 Å². The first-order chi connectivity index (χ1) is 20.6. The second kappa shape index (κ2) is 12.5. The molecule has 226 valence electrons. The summed E-state index contributed by atoms with van der Waals surface area (Å²) in [6, 6.07) is 8.94. The number of amides is 1. The summed E-state index contributed by atoms with van der Waals surface area (Å²) in [6.07, 6.45) is 0.852. The number of aryl methyl sites for hydroxylation is 1. The number of fused-ring (bicyclic) bond motifs is 1. The number of aliphatic hydroxyl groups excluding tert-OH is 1. The lowest BCUT2D eigenvalue weighted by Gasteiger charge is -2.24. The molecule has 5 rings (SSSR count). The number of aromatic nitrogens is 1. The first kappa shape index (κ1) is 30.1. The first-order valence-corrected chi connectivity index (χ1v) is 15.0. The highest BCUT2D eigenvalue weighted by Crippen LogP contribution is 2.46. The van der Waals surface area contributed by atoms with Crippen molar-refractivity contribution in [3.05, 3.63) is 63.7 Å². The molecule has 2 aliphatic heterocycles. The molecule has 1 amide bonds. The van der Waals surface area contributed by atoms with Crippen LogP contribution in [-0.2, 0) is 9.59 Å². The van der Waals surface area contributed by atoms with E-state index < -0.39 is 17.7 Å². The van der Waals surface area contributed by atoms with Crippen molar-refractivity contribution in [2.24, 2.45) is 5.92 Å². The summed E-state index contributed by atoms with van der Waals surface area (Å²) in [7, 11) is 0. The van der Waals surface area contributed by atoms with Crippen molar-refractivity contribution < 1.29 is 38.4 Å². The largest absolute Gasteiger partial charge is 0.507 e. The van der Waals surface area contributed by atoms with Crippen LogP contribution in [0.4, 0.5) is 5.13 Å². The molecule has 1 saturated heterocycles. The van der Waals surface area contributed by atoms with Crippen LogP contribution in [0.5, 0.6) is 23.0 Å². The molecule has 3 aromatic rings. The summed E-state index contributed by atoms with van der Waals surface area (Å²) in [4.78, 5) is 45.7. The van der Waals surface area contributed by atoms with Crippen LogP contribution in [0.25, 0.3) is 5.76 Å². The van der Waals surface area contributed by atoms with Gasteiger partial charge in [-0.1, -0.05) is 31.3 Å². The average molecular weight is 607 g/mol. The third kappa shape index (κ3) is 5.94. The summed E-state index contributed by atoms with van der Waals surface area (Å²) in [5.74, 6) is 0.0241. The molecule has 1 atom stereocenters. The molecular weight excluding hydrogens is 572 g/mol. The van der Waals surface area contributed by atoms with Crippen molar-refractivity contribution >= 4 is 39.7 Å². The Morgan fingerprint density at radius 1 is 1.09 bits per heavy atom. The standard InChI is InChI=1S/C32H34N2O8S/c1-6-39-24-15-20(7-9-22(24)40-12-11-17(2)3)27-26(28(36)21-8-10-23-25(16-21)42-14-13-41-23)29(37)31(38)34(27)32-33-18(4)30(43-32)19(5)35/h7-10,15-17,27,36H,6,11-14H2,1-5H3. The monoisotopic (exact) mass is 606 g/mol. The van der Waals surface area contributed by atoms with Crippen LogP contribution < -0.4 is 23.8 Å².